The molecule has 3 aromatic rings. The maximum absolute atomic E-state index is 9.49. The molecule has 5 heteroatoms. The van der Waals surface area contributed by atoms with Gasteiger partial charge in [0.2, 0.25) is 0 Å². The summed E-state index contributed by atoms with van der Waals surface area (Å²) in [7, 11) is 0. The van der Waals surface area contributed by atoms with E-state index in [0.717, 1.165) is 14.7 Å². The number of aromatic nitrogens is 2. The molecule has 2 aromatic heterocycles. The number of aliphatic hydroxyl groups excluding tert-OH is 1. The predicted octanol–water partition coefficient (Wildman–Crippen LogP) is 3.39. The van der Waals surface area contributed by atoms with Gasteiger partial charge in [-0.25, -0.2) is 0 Å². The number of hydrogen-bond donors (Lipinski definition) is 1. The Balaban J connectivity index is 2.33. The smallest absolute Gasteiger partial charge is 0.0770 e. The molecule has 1 atom stereocenters. The summed E-state index contributed by atoms with van der Waals surface area (Å²) in [5.41, 5.74) is 1.10. The lowest BCUT2D eigenvalue weighted by atomic mass is 10.2. The van der Waals surface area contributed by atoms with Gasteiger partial charge in [-0.05, 0) is 41.1 Å². The Kier molecular flexibility index (Phi) is 2.69. The van der Waals surface area contributed by atoms with Crippen LogP contribution in [0.25, 0.3) is 21.0 Å². The summed E-state index contributed by atoms with van der Waals surface area (Å²) in [5.74, 6) is 0. The molecule has 1 N–H and O–H groups in total. The normalized spacial score (nSPS) is 13.6. The molecule has 0 saturated heterocycles. The van der Waals surface area contributed by atoms with Crippen LogP contribution in [0.5, 0.6) is 0 Å². The lowest BCUT2D eigenvalue weighted by molar-refractivity contribution is 0.170. The fourth-order valence-electron chi connectivity index (χ4n) is 2.05. The van der Waals surface area contributed by atoms with E-state index >= 15 is 0 Å². The van der Waals surface area contributed by atoms with Crippen molar-refractivity contribution >= 4 is 48.3 Å². The highest BCUT2D eigenvalue weighted by Crippen LogP contribution is 2.34. The first-order valence-corrected chi connectivity index (χ1v) is 6.98. The Labute approximate surface area is 111 Å². The molecule has 2 heterocycles. The van der Waals surface area contributed by atoms with E-state index < -0.39 is 6.10 Å². The fourth-order valence-corrected chi connectivity index (χ4v) is 3.59. The topological polar surface area (TPSA) is 38.0 Å². The number of aliphatic hydroxyl groups is 1. The van der Waals surface area contributed by atoms with E-state index in [-0.39, 0.29) is 0 Å². The van der Waals surface area contributed by atoms with Crippen LogP contribution in [0.4, 0.5) is 0 Å². The second-order valence-electron chi connectivity index (χ2n) is 4.14. The summed E-state index contributed by atoms with van der Waals surface area (Å²) >= 11 is 5.22. The Morgan fingerprint density at radius 2 is 2.35 bits per heavy atom. The maximum Gasteiger partial charge on any atom is 0.0770 e. The van der Waals surface area contributed by atoms with Crippen LogP contribution in [0, 0.1) is 0 Å². The standard InChI is InChI=1S/C12H11BrN2OS/c1-7(16)6-15-12-8(5-14-15)2-3-10-9(12)4-11(13)17-10/h2-5,7,16H,6H2,1H3/t7-/m1/s1. The van der Waals surface area contributed by atoms with Crippen LogP contribution in [0.2, 0.25) is 0 Å². The molecule has 0 aliphatic heterocycles. The molecule has 0 bridgehead atoms. The van der Waals surface area contributed by atoms with Crippen LogP contribution in [-0.4, -0.2) is 21.0 Å². The SMILES string of the molecule is C[C@@H](O)Cn1ncc2ccc3sc(Br)cc3c21. The molecule has 1 aromatic carbocycles. The number of halogens is 1. The fraction of sp³-hybridized carbons (Fsp3) is 0.250. The van der Waals surface area contributed by atoms with Gasteiger partial charge in [-0.2, -0.15) is 5.10 Å². The molecule has 3 nitrogen and oxygen atoms in total. The number of benzene rings is 1. The first kappa shape index (κ1) is 11.2. The Bertz CT molecular complexity index is 686. The quantitative estimate of drug-likeness (QED) is 0.788. The largest absolute Gasteiger partial charge is 0.391 e. The summed E-state index contributed by atoms with van der Waals surface area (Å²) in [4.78, 5) is 0. The maximum atomic E-state index is 9.49. The monoisotopic (exact) mass is 310 g/mol. The van der Waals surface area contributed by atoms with Crippen LogP contribution in [0.3, 0.4) is 0 Å². The molecule has 0 aliphatic rings. The van der Waals surface area contributed by atoms with Crippen LogP contribution in [-0.2, 0) is 6.54 Å². The molecular formula is C12H11BrN2OS. The number of thiophene rings is 1. The molecule has 88 valence electrons. The third-order valence-electron chi connectivity index (χ3n) is 2.71. The summed E-state index contributed by atoms with van der Waals surface area (Å²) in [6, 6.07) is 6.30. The van der Waals surface area contributed by atoms with Crippen molar-refractivity contribution in [2.45, 2.75) is 19.6 Å². The minimum atomic E-state index is -0.393. The molecule has 0 aliphatic carbocycles. The highest BCUT2D eigenvalue weighted by Gasteiger charge is 2.10. The first-order valence-electron chi connectivity index (χ1n) is 5.37. The van der Waals surface area contributed by atoms with Crippen molar-refractivity contribution in [2.24, 2.45) is 0 Å². The minimum Gasteiger partial charge on any atom is -0.391 e. The molecule has 0 fully saturated rings. The van der Waals surface area contributed by atoms with E-state index in [2.05, 4.69) is 39.2 Å². The molecule has 17 heavy (non-hydrogen) atoms. The van der Waals surface area contributed by atoms with Gasteiger partial charge in [0, 0.05) is 15.5 Å². The van der Waals surface area contributed by atoms with Gasteiger partial charge in [0.05, 0.1) is 28.1 Å². The summed E-state index contributed by atoms with van der Waals surface area (Å²) in [5, 5.41) is 16.1. The zero-order chi connectivity index (χ0) is 12.0. The molecular weight excluding hydrogens is 300 g/mol. The van der Waals surface area contributed by atoms with E-state index in [0.29, 0.717) is 6.54 Å². The van der Waals surface area contributed by atoms with Gasteiger partial charge in [-0.15, -0.1) is 11.3 Å². The van der Waals surface area contributed by atoms with E-state index in [1.807, 2.05) is 10.9 Å². The third kappa shape index (κ3) is 1.88. The van der Waals surface area contributed by atoms with Gasteiger partial charge in [0.25, 0.3) is 0 Å². The van der Waals surface area contributed by atoms with E-state index in [4.69, 9.17) is 0 Å². The molecule has 0 saturated carbocycles. The highest BCUT2D eigenvalue weighted by atomic mass is 79.9. The Morgan fingerprint density at radius 3 is 3.12 bits per heavy atom. The first-order chi connectivity index (χ1) is 8.15. The van der Waals surface area contributed by atoms with Crippen molar-refractivity contribution in [2.75, 3.05) is 0 Å². The van der Waals surface area contributed by atoms with Crippen molar-refractivity contribution in [3.05, 3.63) is 28.2 Å². The van der Waals surface area contributed by atoms with Crippen molar-refractivity contribution in [1.29, 1.82) is 0 Å². The molecule has 0 unspecified atom stereocenters. The van der Waals surface area contributed by atoms with Crippen LogP contribution in [0.15, 0.2) is 28.2 Å². The zero-order valence-corrected chi connectivity index (χ0v) is 11.6. The van der Waals surface area contributed by atoms with Crippen LogP contribution >= 0.6 is 27.3 Å². The van der Waals surface area contributed by atoms with Crippen molar-refractivity contribution in [3.63, 3.8) is 0 Å². The number of rotatable bonds is 2. The Morgan fingerprint density at radius 1 is 1.53 bits per heavy atom. The average molecular weight is 311 g/mol. The minimum absolute atomic E-state index is 0.393. The average Bonchev–Trinajstić information content (AvgIpc) is 2.79. The summed E-state index contributed by atoms with van der Waals surface area (Å²) in [6.07, 6.45) is 1.46. The lowest BCUT2D eigenvalue weighted by Gasteiger charge is -2.06. The van der Waals surface area contributed by atoms with Crippen LogP contribution in [0.1, 0.15) is 6.92 Å². The van der Waals surface area contributed by atoms with Gasteiger partial charge in [-0.1, -0.05) is 0 Å². The van der Waals surface area contributed by atoms with Gasteiger partial charge in [0.1, 0.15) is 0 Å². The highest BCUT2D eigenvalue weighted by molar-refractivity contribution is 9.11. The predicted molar refractivity (Wildman–Crippen MR) is 74.5 cm³/mol. The van der Waals surface area contributed by atoms with Gasteiger partial charge in [0.15, 0.2) is 0 Å². The van der Waals surface area contributed by atoms with Crippen molar-refractivity contribution < 1.29 is 5.11 Å². The summed E-state index contributed by atoms with van der Waals surface area (Å²) < 4.78 is 4.23. The van der Waals surface area contributed by atoms with Crippen LogP contribution < -0.4 is 0 Å². The summed E-state index contributed by atoms with van der Waals surface area (Å²) in [6.45, 7) is 2.30. The number of fused-ring (bicyclic) bond motifs is 3. The second-order valence-corrected chi connectivity index (χ2v) is 6.60. The zero-order valence-electron chi connectivity index (χ0n) is 9.22. The molecule has 0 spiro atoms. The van der Waals surface area contributed by atoms with E-state index in [1.165, 1.54) is 10.1 Å². The van der Waals surface area contributed by atoms with Crippen molar-refractivity contribution in [1.82, 2.24) is 9.78 Å². The molecule has 3 rings (SSSR count). The lowest BCUT2D eigenvalue weighted by Crippen LogP contribution is -2.12. The van der Waals surface area contributed by atoms with E-state index in [1.54, 1.807) is 18.3 Å². The Hall–Kier alpha value is -0.910. The van der Waals surface area contributed by atoms with Gasteiger partial charge in [-0.3, -0.25) is 4.68 Å². The number of hydrogen-bond acceptors (Lipinski definition) is 3. The number of nitrogens with zero attached hydrogens (tertiary/aromatic N) is 2. The molecule has 0 amide bonds. The third-order valence-corrected chi connectivity index (χ3v) is 4.31. The van der Waals surface area contributed by atoms with E-state index in [9.17, 15) is 5.11 Å². The second kappa shape index (κ2) is 4.08. The van der Waals surface area contributed by atoms with Gasteiger partial charge >= 0.3 is 0 Å². The van der Waals surface area contributed by atoms with Gasteiger partial charge < -0.3 is 5.11 Å². The molecule has 0 radical (unpaired) electrons. The van der Waals surface area contributed by atoms with Crippen molar-refractivity contribution in [3.8, 4) is 0 Å².